The van der Waals surface area contributed by atoms with E-state index in [1.165, 1.54) is 6.07 Å². The van der Waals surface area contributed by atoms with E-state index in [-0.39, 0.29) is 17.0 Å². The van der Waals surface area contributed by atoms with Gasteiger partial charge in [0.15, 0.2) is 0 Å². The van der Waals surface area contributed by atoms with Crippen LogP contribution in [-0.2, 0) is 16.6 Å². The molecule has 3 aromatic carbocycles. The van der Waals surface area contributed by atoms with E-state index in [1.54, 1.807) is 12.3 Å². The number of hydrogen-bond acceptors (Lipinski definition) is 2. The summed E-state index contributed by atoms with van der Waals surface area (Å²) in [6, 6.07) is 19.5. The first-order valence-electron chi connectivity index (χ1n) is 10.8. The van der Waals surface area contributed by atoms with Gasteiger partial charge < -0.3 is 15.4 Å². The average Bonchev–Trinajstić information content (AvgIpc) is 3.21. The van der Waals surface area contributed by atoms with E-state index in [9.17, 15) is 14.7 Å². The van der Waals surface area contributed by atoms with Crippen LogP contribution in [0.4, 0.5) is 0 Å². The number of carboxylic acids is 1. The maximum atomic E-state index is 13.2. The molecule has 0 aliphatic carbocycles. The zero-order valence-corrected chi connectivity index (χ0v) is 20.2. The molecule has 1 aromatic heterocycles. The SMILES string of the molecule is CC(C)(c1ccccc1)c1cc(C(=O)NC(Cc2c[nH]c3ccccc23)C(=O)O)c(Cl)cc1Cl. The van der Waals surface area contributed by atoms with Gasteiger partial charge in [0.2, 0.25) is 0 Å². The topological polar surface area (TPSA) is 82.2 Å². The van der Waals surface area contributed by atoms with Gasteiger partial charge >= 0.3 is 5.97 Å². The van der Waals surface area contributed by atoms with E-state index < -0.39 is 23.3 Å². The van der Waals surface area contributed by atoms with Gasteiger partial charge in [-0.2, -0.15) is 0 Å². The second kappa shape index (κ2) is 9.53. The lowest BCUT2D eigenvalue weighted by Gasteiger charge is -2.28. The van der Waals surface area contributed by atoms with Gasteiger partial charge in [0.25, 0.3) is 5.91 Å². The van der Waals surface area contributed by atoms with Crippen LogP contribution in [0, 0.1) is 0 Å². The summed E-state index contributed by atoms with van der Waals surface area (Å²) in [5.74, 6) is -1.70. The summed E-state index contributed by atoms with van der Waals surface area (Å²) in [7, 11) is 0. The summed E-state index contributed by atoms with van der Waals surface area (Å²) < 4.78 is 0. The van der Waals surface area contributed by atoms with E-state index >= 15 is 0 Å². The number of para-hydroxylation sites is 1. The molecule has 1 heterocycles. The Morgan fingerprint density at radius 3 is 2.38 bits per heavy atom. The number of halogens is 2. The Morgan fingerprint density at radius 1 is 1.00 bits per heavy atom. The molecular weight excluding hydrogens is 471 g/mol. The number of aromatic nitrogens is 1. The molecule has 1 unspecified atom stereocenters. The van der Waals surface area contributed by atoms with Crippen LogP contribution in [0.2, 0.25) is 10.0 Å². The minimum Gasteiger partial charge on any atom is -0.480 e. The number of carbonyl (C=O) groups is 2. The fraction of sp³-hybridized carbons (Fsp3) is 0.185. The zero-order valence-electron chi connectivity index (χ0n) is 18.7. The van der Waals surface area contributed by atoms with Crippen molar-refractivity contribution in [2.24, 2.45) is 0 Å². The van der Waals surface area contributed by atoms with Crippen LogP contribution < -0.4 is 5.32 Å². The molecule has 0 radical (unpaired) electrons. The lowest BCUT2D eigenvalue weighted by atomic mass is 9.77. The molecule has 0 bridgehead atoms. The first kappa shape index (κ1) is 23.9. The van der Waals surface area contributed by atoms with Crippen LogP contribution >= 0.6 is 23.2 Å². The highest BCUT2D eigenvalue weighted by Crippen LogP contribution is 2.38. The van der Waals surface area contributed by atoms with Crippen molar-refractivity contribution in [3.63, 3.8) is 0 Å². The molecule has 0 saturated heterocycles. The Kier molecular flexibility index (Phi) is 6.69. The zero-order chi connectivity index (χ0) is 24.5. The number of fused-ring (bicyclic) bond motifs is 1. The average molecular weight is 495 g/mol. The van der Waals surface area contributed by atoms with E-state index in [2.05, 4.69) is 10.3 Å². The molecule has 7 heteroatoms. The molecule has 1 atom stereocenters. The number of rotatable bonds is 7. The van der Waals surface area contributed by atoms with Crippen molar-refractivity contribution in [2.45, 2.75) is 31.7 Å². The number of aliphatic carboxylic acids is 1. The van der Waals surface area contributed by atoms with Gasteiger partial charge in [0, 0.05) is 34.0 Å². The number of benzene rings is 3. The van der Waals surface area contributed by atoms with Gasteiger partial charge in [0.1, 0.15) is 6.04 Å². The molecule has 0 aliphatic heterocycles. The van der Waals surface area contributed by atoms with Crippen molar-refractivity contribution < 1.29 is 14.7 Å². The number of carboxylic acid groups (broad SMARTS) is 1. The second-order valence-corrected chi connectivity index (χ2v) is 9.55. The Labute approximate surface area is 207 Å². The summed E-state index contributed by atoms with van der Waals surface area (Å²) in [5.41, 5.74) is 3.12. The van der Waals surface area contributed by atoms with Crippen LogP contribution in [-0.4, -0.2) is 28.0 Å². The first-order valence-corrected chi connectivity index (χ1v) is 11.6. The monoisotopic (exact) mass is 494 g/mol. The van der Waals surface area contributed by atoms with Crippen LogP contribution in [0.15, 0.2) is 72.9 Å². The highest BCUT2D eigenvalue weighted by molar-refractivity contribution is 6.37. The summed E-state index contributed by atoms with van der Waals surface area (Å²) >= 11 is 12.9. The Bertz CT molecular complexity index is 1360. The molecule has 4 rings (SSSR count). The van der Waals surface area contributed by atoms with Gasteiger partial charge in [-0.1, -0.05) is 85.6 Å². The van der Waals surface area contributed by atoms with E-state index in [0.717, 1.165) is 27.6 Å². The number of aromatic amines is 1. The molecule has 1 amide bonds. The maximum Gasteiger partial charge on any atom is 0.326 e. The smallest absolute Gasteiger partial charge is 0.326 e. The third-order valence-corrected chi connectivity index (χ3v) is 6.80. The molecule has 34 heavy (non-hydrogen) atoms. The quantitative estimate of drug-likeness (QED) is 0.285. The molecule has 0 spiro atoms. The van der Waals surface area contributed by atoms with E-state index in [4.69, 9.17) is 23.2 Å². The maximum absolute atomic E-state index is 13.2. The van der Waals surface area contributed by atoms with Gasteiger partial charge in [0.05, 0.1) is 10.6 Å². The Morgan fingerprint density at radius 2 is 1.68 bits per heavy atom. The first-order chi connectivity index (χ1) is 16.2. The molecule has 0 aliphatic rings. The van der Waals surface area contributed by atoms with Gasteiger partial charge in [-0.25, -0.2) is 4.79 Å². The molecular formula is C27H24Cl2N2O3. The normalized spacial score (nSPS) is 12.5. The van der Waals surface area contributed by atoms with Crippen LogP contribution in [0.25, 0.3) is 10.9 Å². The van der Waals surface area contributed by atoms with Crippen molar-refractivity contribution in [3.8, 4) is 0 Å². The minimum absolute atomic E-state index is 0.124. The highest BCUT2D eigenvalue weighted by Gasteiger charge is 2.29. The van der Waals surface area contributed by atoms with Crippen molar-refractivity contribution >= 4 is 46.0 Å². The van der Waals surface area contributed by atoms with Crippen molar-refractivity contribution in [1.29, 1.82) is 0 Å². The standard InChI is InChI=1S/C27H24Cl2N2O3/c1-27(2,17-8-4-3-5-9-17)20-13-19(21(28)14-22(20)29)25(32)31-24(26(33)34)12-16-15-30-23-11-7-6-10-18(16)23/h3-11,13-15,24,30H,12H2,1-2H3,(H,31,32)(H,33,34). The lowest BCUT2D eigenvalue weighted by molar-refractivity contribution is -0.139. The van der Waals surface area contributed by atoms with Crippen molar-refractivity contribution in [1.82, 2.24) is 10.3 Å². The molecule has 5 nitrogen and oxygen atoms in total. The number of nitrogens with one attached hydrogen (secondary N) is 2. The second-order valence-electron chi connectivity index (χ2n) is 8.73. The summed E-state index contributed by atoms with van der Waals surface area (Å²) in [6.07, 6.45) is 1.89. The van der Waals surface area contributed by atoms with Crippen LogP contribution in [0.3, 0.4) is 0 Å². The van der Waals surface area contributed by atoms with Gasteiger partial charge in [-0.15, -0.1) is 0 Å². The number of hydrogen-bond donors (Lipinski definition) is 3. The number of H-pyrrole nitrogens is 1. The molecule has 3 N–H and O–H groups in total. The highest BCUT2D eigenvalue weighted by atomic mass is 35.5. The van der Waals surface area contributed by atoms with Crippen molar-refractivity contribution in [3.05, 3.63) is 105 Å². The predicted octanol–water partition coefficient (Wildman–Crippen LogP) is 6.23. The van der Waals surface area contributed by atoms with Crippen LogP contribution in [0.5, 0.6) is 0 Å². The number of carbonyl (C=O) groups excluding carboxylic acids is 1. The molecule has 174 valence electrons. The Balaban J connectivity index is 1.64. The lowest BCUT2D eigenvalue weighted by Crippen LogP contribution is -2.42. The molecule has 0 fully saturated rings. The third kappa shape index (κ3) is 4.67. The predicted molar refractivity (Wildman–Crippen MR) is 136 cm³/mol. The summed E-state index contributed by atoms with van der Waals surface area (Å²) in [6.45, 7) is 4.02. The van der Waals surface area contributed by atoms with Gasteiger partial charge in [-0.05, 0) is 34.9 Å². The third-order valence-electron chi connectivity index (χ3n) is 6.17. The summed E-state index contributed by atoms with van der Waals surface area (Å²) in [5, 5.41) is 14.0. The summed E-state index contributed by atoms with van der Waals surface area (Å²) in [4.78, 5) is 28.3. The fourth-order valence-corrected chi connectivity index (χ4v) is 4.87. The molecule has 0 saturated carbocycles. The minimum atomic E-state index is -1.14. The number of amides is 1. The van der Waals surface area contributed by atoms with Crippen molar-refractivity contribution in [2.75, 3.05) is 0 Å². The van der Waals surface area contributed by atoms with Crippen LogP contribution in [0.1, 0.15) is 40.9 Å². The van der Waals surface area contributed by atoms with E-state index in [1.807, 2.05) is 68.4 Å². The fourth-order valence-electron chi connectivity index (χ4n) is 4.17. The molecule has 4 aromatic rings. The van der Waals surface area contributed by atoms with E-state index in [0.29, 0.717) is 5.02 Å². The largest absolute Gasteiger partial charge is 0.480 e. The van der Waals surface area contributed by atoms with Gasteiger partial charge in [-0.3, -0.25) is 4.79 Å². The Hall–Kier alpha value is -3.28.